The van der Waals surface area contributed by atoms with Crippen molar-refractivity contribution in [2.24, 2.45) is 5.16 Å². The van der Waals surface area contributed by atoms with Crippen molar-refractivity contribution in [2.45, 2.75) is 6.42 Å². The molecule has 0 unspecified atom stereocenters. The molecule has 0 spiro atoms. The maximum atomic E-state index is 11.2. The van der Waals surface area contributed by atoms with E-state index in [9.17, 15) is 14.9 Å². The van der Waals surface area contributed by atoms with Crippen LogP contribution in [0.3, 0.4) is 0 Å². The van der Waals surface area contributed by atoms with Crippen LogP contribution >= 0.6 is 0 Å². The highest BCUT2D eigenvalue weighted by Gasteiger charge is 2.16. The van der Waals surface area contributed by atoms with Gasteiger partial charge in [0.2, 0.25) is 0 Å². The zero-order valence-electron chi connectivity index (χ0n) is 8.99. The summed E-state index contributed by atoms with van der Waals surface area (Å²) in [6, 6.07) is 3.86. The molecule has 0 saturated carbocycles. The van der Waals surface area contributed by atoms with Crippen molar-refractivity contribution in [3.05, 3.63) is 39.4 Å². The number of carbonyl (C=O) groups is 1. The molecule has 1 aromatic carbocycles. The molecule has 17 heavy (non-hydrogen) atoms. The number of benzene rings is 1. The number of methoxy groups -OCH3 is 1. The molecular weight excluding hydrogens is 228 g/mol. The fourth-order valence-corrected chi connectivity index (χ4v) is 1.31. The van der Waals surface area contributed by atoms with Crippen LogP contribution in [0.4, 0.5) is 5.69 Å². The minimum atomic E-state index is -0.581. The van der Waals surface area contributed by atoms with Crippen molar-refractivity contribution in [3.8, 4) is 0 Å². The van der Waals surface area contributed by atoms with Gasteiger partial charge >= 0.3 is 5.97 Å². The SMILES string of the molecule is COC(=O)c1ccc([N+](=O)[O-])c(C/C=N/O)c1. The van der Waals surface area contributed by atoms with Gasteiger partial charge in [0, 0.05) is 24.3 Å². The molecule has 0 aliphatic heterocycles. The minimum Gasteiger partial charge on any atom is -0.465 e. The first-order valence-electron chi connectivity index (χ1n) is 4.61. The lowest BCUT2D eigenvalue weighted by molar-refractivity contribution is -0.385. The third-order valence-electron chi connectivity index (χ3n) is 2.09. The van der Waals surface area contributed by atoms with Crippen LogP contribution < -0.4 is 0 Å². The van der Waals surface area contributed by atoms with E-state index in [1.165, 1.54) is 25.3 Å². The van der Waals surface area contributed by atoms with Crippen molar-refractivity contribution in [1.29, 1.82) is 0 Å². The summed E-state index contributed by atoms with van der Waals surface area (Å²) < 4.78 is 4.50. The van der Waals surface area contributed by atoms with Gasteiger partial charge in [-0.2, -0.15) is 0 Å². The molecule has 0 radical (unpaired) electrons. The number of hydrogen-bond acceptors (Lipinski definition) is 6. The molecule has 0 atom stereocenters. The second kappa shape index (κ2) is 5.59. The lowest BCUT2D eigenvalue weighted by Crippen LogP contribution is -2.04. The van der Waals surface area contributed by atoms with E-state index in [0.717, 1.165) is 6.21 Å². The van der Waals surface area contributed by atoms with Crippen LogP contribution in [-0.2, 0) is 11.2 Å². The molecule has 0 heterocycles. The summed E-state index contributed by atoms with van der Waals surface area (Å²) in [5.41, 5.74) is 0.340. The van der Waals surface area contributed by atoms with Crippen molar-refractivity contribution in [2.75, 3.05) is 7.11 Å². The van der Waals surface area contributed by atoms with E-state index in [1.807, 2.05) is 0 Å². The van der Waals surface area contributed by atoms with Gasteiger partial charge in [0.15, 0.2) is 0 Å². The van der Waals surface area contributed by atoms with Gasteiger partial charge in [0.25, 0.3) is 5.69 Å². The number of nitrogens with zero attached hydrogens (tertiary/aromatic N) is 2. The average molecular weight is 238 g/mol. The zero-order chi connectivity index (χ0) is 12.8. The van der Waals surface area contributed by atoms with Crippen molar-refractivity contribution >= 4 is 17.9 Å². The van der Waals surface area contributed by atoms with Crippen LogP contribution in [0.15, 0.2) is 23.4 Å². The lowest BCUT2D eigenvalue weighted by atomic mass is 10.1. The molecule has 7 heteroatoms. The Bertz CT molecular complexity index is 470. The lowest BCUT2D eigenvalue weighted by Gasteiger charge is -2.03. The highest BCUT2D eigenvalue weighted by atomic mass is 16.6. The standard InChI is InChI=1S/C10H10N2O5/c1-17-10(13)8-2-3-9(12(15)16)7(6-8)4-5-11-14/h2-3,5-6,14H,4H2,1H3/b11-5+. The summed E-state index contributed by atoms with van der Waals surface area (Å²) >= 11 is 0. The molecule has 0 aliphatic rings. The maximum Gasteiger partial charge on any atom is 0.337 e. The summed E-state index contributed by atoms with van der Waals surface area (Å²) in [4.78, 5) is 21.4. The number of nitro benzene ring substituents is 1. The Kier molecular flexibility index (Phi) is 4.15. The number of nitro groups is 1. The van der Waals surface area contributed by atoms with Crippen LogP contribution in [0.5, 0.6) is 0 Å². The van der Waals surface area contributed by atoms with Gasteiger partial charge in [0.1, 0.15) is 0 Å². The molecule has 0 aromatic heterocycles. The highest BCUT2D eigenvalue weighted by Crippen LogP contribution is 2.20. The van der Waals surface area contributed by atoms with Gasteiger partial charge in [-0.1, -0.05) is 0 Å². The van der Waals surface area contributed by atoms with Gasteiger partial charge in [-0.15, -0.1) is 5.16 Å². The summed E-state index contributed by atoms with van der Waals surface area (Å²) in [5, 5.41) is 21.8. The van der Waals surface area contributed by atoms with Gasteiger partial charge in [-0.25, -0.2) is 4.79 Å². The van der Waals surface area contributed by atoms with E-state index < -0.39 is 10.9 Å². The first-order valence-corrected chi connectivity index (χ1v) is 4.61. The van der Waals surface area contributed by atoms with Crippen molar-refractivity contribution in [3.63, 3.8) is 0 Å². The molecule has 90 valence electrons. The highest BCUT2D eigenvalue weighted by molar-refractivity contribution is 5.90. The number of hydrogen-bond donors (Lipinski definition) is 1. The van der Waals surface area contributed by atoms with Crippen molar-refractivity contribution < 1.29 is 19.7 Å². The third kappa shape index (κ3) is 3.00. The Morgan fingerprint density at radius 2 is 2.35 bits per heavy atom. The molecular formula is C10H10N2O5. The van der Waals surface area contributed by atoms with Crippen LogP contribution in [0, 0.1) is 10.1 Å². The zero-order valence-corrected chi connectivity index (χ0v) is 8.99. The molecule has 7 nitrogen and oxygen atoms in total. The van der Waals surface area contributed by atoms with E-state index >= 15 is 0 Å². The quantitative estimate of drug-likeness (QED) is 0.280. The van der Waals surface area contributed by atoms with Crippen LogP contribution in [0.1, 0.15) is 15.9 Å². The maximum absolute atomic E-state index is 11.2. The van der Waals surface area contributed by atoms with Gasteiger partial charge in [-0.3, -0.25) is 10.1 Å². The molecule has 1 rings (SSSR count). The fraction of sp³-hybridized carbons (Fsp3) is 0.200. The van der Waals surface area contributed by atoms with E-state index in [1.54, 1.807) is 0 Å². The molecule has 0 saturated heterocycles. The number of carbonyl (C=O) groups excluding carboxylic acids is 1. The summed E-state index contributed by atoms with van der Waals surface area (Å²) in [6.45, 7) is 0. The second-order valence-corrected chi connectivity index (χ2v) is 3.09. The fourth-order valence-electron chi connectivity index (χ4n) is 1.31. The Hall–Kier alpha value is -2.44. The summed E-state index contributed by atoms with van der Waals surface area (Å²) in [5.74, 6) is -0.581. The Morgan fingerprint density at radius 1 is 1.65 bits per heavy atom. The Balaban J connectivity index is 3.18. The van der Waals surface area contributed by atoms with E-state index in [2.05, 4.69) is 9.89 Å². The topological polar surface area (TPSA) is 102 Å². The summed E-state index contributed by atoms with van der Waals surface area (Å²) in [7, 11) is 1.22. The minimum absolute atomic E-state index is 0.0532. The Labute approximate surface area is 96.5 Å². The predicted molar refractivity (Wildman–Crippen MR) is 58.4 cm³/mol. The molecule has 1 aromatic rings. The predicted octanol–water partition coefficient (Wildman–Crippen LogP) is 1.38. The van der Waals surface area contributed by atoms with Crippen LogP contribution in [0.25, 0.3) is 0 Å². The van der Waals surface area contributed by atoms with Crippen LogP contribution in [0.2, 0.25) is 0 Å². The molecule has 0 aliphatic carbocycles. The number of oxime groups is 1. The van der Waals surface area contributed by atoms with Crippen LogP contribution in [-0.4, -0.2) is 29.4 Å². The first-order chi connectivity index (χ1) is 8.10. The van der Waals surface area contributed by atoms with E-state index in [-0.39, 0.29) is 23.2 Å². The number of esters is 1. The van der Waals surface area contributed by atoms with Gasteiger partial charge in [0.05, 0.1) is 17.6 Å². The molecule has 0 fully saturated rings. The monoisotopic (exact) mass is 238 g/mol. The molecule has 0 bridgehead atoms. The van der Waals surface area contributed by atoms with Gasteiger partial charge < -0.3 is 9.94 Å². The second-order valence-electron chi connectivity index (χ2n) is 3.09. The summed E-state index contributed by atoms with van der Waals surface area (Å²) in [6.07, 6.45) is 1.15. The number of rotatable bonds is 4. The van der Waals surface area contributed by atoms with E-state index in [4.69, 9.17) is 5.21 Å². The Morgan fingerprint density at radius 3 is 2.88 bits per heavy atom. The molecule has 1 N–H and O–H groups in total. The molecule has 0 amide bonds. The van der Waals surface area contributed by atoms with Crippen molar-refractivity contribution in [1.82, 2.24) is 0 Å². The normalized spacial score (nSPS) is 10.4. The van der Waals surface area contributed by atoms with Gasteiger partial charge in [-0.05, 0) is 12.1 Å². The number of ether oxygens (including phenoxy) is 1. The smallest absolute Gasteiger partial charge is 0.337 e. The van der Waals surface area contributed by atoms with E-state index in [0.29, 0.717) is 0 Å². The third-order valence-corrected chi connectivity index (χ3v) is 2.09. The largest absolute Gasteiger partial charge is 0.465 e. The average Bonchev–Trinajstić information content (AvgIpc) is 2.34. The first kappa shape index (κ1) is 12.6.